The van der Waals surface area contributed by atoms with Gasteiger partial charge in [0.2, 0.25) is 10.0 Å². The molecule has 1 unspecified atom stereocenters. The molecule has 0 saturated heterocycles. The number of hydrogen-bond acceptors (Lipinski definition) is 2. The molecule has 0 radical (unpaired) electrons. The first-order valence-electron chi connectivity index (χ1n) is 6.86. The van der Waals surface area contributed by atoms with E-state index < -0.39 is 32.7 Å². The van der Waals surface area contributed by atoms with E-state index in [-0.39, 0.29) is 0 Å². The molecule has 0 aliphatic carbocycles. The number of halogens is 3. The van der Waals surface area contributed by atoms with Crippen LogP contribution < -0.4 is 4.72 Å². The zero-order valence-electron chi connectivity index (χ0n) is 12.6. The minimum Gasteiger partial charge on any atom is -0.207 e. The summed E-state index contributed by atoms with van der Waals surface area (Å²) < 4.78 is 65.1. The predicted octanol–water partition coefficient (Wildman–Crippen LogP) is 4.05. The second kappa shape index (κ2) is 6.33. The van der Waals surface area contributed by atoms with E-state index in [2.05, 4.69) is 4.72 Å². The maximum atomic E-state index is 12.7. The van der Waals surface area contributed by atoms with E-state index in [1.54, 1.807) is 19.1 Å². The van der Waals surface area contributed by atoms with Crippen molar-refractivity contribution in [2.45, 2.75) is 31.0 Å². The summed E-state index contributed by atoms with van der Waals surface area (Å²) in [6.45, 7) is 3.54. The molecule has 0 amide bonds. The fraction of sp³-hybridized carbons (Fsp3) is 0.250. The highest BCUT2D eigenvalue weighted by molar-refractivity contribution is 7.89. The van der Waals surface area contributed by atoms with Gasteiger partial charge in [-0.2, -0.15) is 13.2 Å². The molecule has 23 heavy (non-hydrogen) atoms. The predicted molar refractivity (Wildman–Crippen MR) is 81.4 cm³/mol. The summed E-state index contributed by atoms with van der Waals surface area (Å²) in [5.41, 5.74) is 0.760. The molecule has 0 aliphatic rings. The van der Waals surface area contributed by atoms with Crippen LogP contribution in [-0.4, -0.2) is 8.42 Å². The highest BCUT2D eigenvalue weighted by atomic mass is 32.2. The largest absolute Gasteiger partial charge is 0.416 e. The number of rotatable bonds is 4. The van der Waals surface area contributed by atoms with Crippen molar-refractivity contribution in [3.63, 3.8) is 0 Å². The summed E-state index contributed by atoms with van der Waals surface area (Å²) in [5, 5.41) is 0. The molecule has 0 heterocycles. The maximum absolute atomic E-state index is 12.7. The lowest BCUT2D eigenvalue weighted by Gasteiger charge is -2.16. The molecule has 1 N–H and O–H groups in total. The van der Waals surface area contributed by atoms with Crippen molar-refractivity contribution >= 4 is 10.0 Å². The van der Waals surface area contributed by atoms with Gasteiger partial charge in [0, 0.05) is 6.04 Å². The summed E-state index contributed by atoms with van der Waals surface area (Å²) in [7, 11) is -4.05. The van der Waals surface area contributed by atoms with Crippen LogP contribution in [0.3, 0.4) is 0 Å². The molecule has 0 aromatic heterocycles. The third-order valence-corrected chi connectivity index (χ3v) is 4.92. The van der Waals surface area contributed by atoms with Crippen molar-refractivity contribution in [1.29, 1.82) is 0 Å². The Morgan fingerprint density at radius 2 is 1.65 bits per heavy atom. The van der Waals surface area contributed by atoms with Crippen LogP contribution in [0.15, 0.2) is 53.4 Å². The molecule has 3 nitrogen and oxygen atoms in total. The quantitative estimate of drug-likeness (QED) is 0.910. The molecular weight excluding hydrogens is 327 g/mol. The normalized spacial score (nSPS) is 13.8. The fourth-order valence-corrected chi connectivity index (χ4v) is 3.34. The molecule has 2 rings (SSSR count). The van der Waals surface area contributed by atoms with Gasteiger partial charge in [-0.15, -0.1) is 0 Å². The molecule has 124 valence electrons. The minimum atomic E-state index is -4.59. The molecule has 0 aliphatic heterocycles. The molecule has 1 atom stereocenters. The van der Waals surface area contributed by atoms with Gasteiger partial charge in [0.1, 0.15) is 0 Å². The summed E-state index contributed by atoms with van der Waals surface area (Å²) >= 11 is 0. The van der Waals surface area contributed by atoms with E-state index in [0.717, 1.165) is 29.3 Å². The number of aryl methyl sites for hydroxylation is 1. The van der Waals surface area contributed by atoms with Crippen LogP contribution in [0.25, 0.3) is 0 Å². The number of sulfonamides is 1. The molecule has 2 aromatic carbocycles. The molecular formula is C16H16F3NO2S. The lowest BCUT2D eigenvalue weighted by molar-refractivity contribution is -0.137. The maximum Gasteiger partial charge on any atom is 0.416 e. The number of benzene rings is 2. The Morgan fingerprint density at radius 3 is 2.22 bits per heavy atom. The monoisotopic (exact) mass is 343 g/mol. The SMILES string of the molecule is Cc1ccc(C(C)NS(=O)(=O)c2cccc(C(F)(F)F)c2)cc1. The Kier molecular flexibility index (Phi) is 4.81. The van der Waals surface area contributed by atoms with Crippen LogP contribution in [0, 0.1) is 6.92 Å². The van der Waals surface area contributed by atoms with Crippen molar-refractivity contribution in [3.05, 3.63) is 65.2 Å². The Bertz CT molecular complexity index is 784. The highest BCUT2D eigenvalue weighted by Gasteiger charge is 2.31. The molecule has 2 aromatic rings. The van der Waals surface area contributed by atoms with E-state index in [0.29, 0.717) is 6.07 Å². The zero-order valence-corrected chi connectivity index (χ0v) is 13.4. The van der Waals surface area contributed by atoms with Gasteiger partial charge >= 0.3 is 6.18 Å². The van der Waals surface area contributed by atoms with Crippen molar-refractivity contribution in [1.82, 2.24) is 4.72 Å². The Hall–Kier alpha value is -1.86. The van der Waals surface area contributed by atoms with Gasteiger partial charge in [-0.1, -0.05) is 35.9 Å². The van der Waals surface area contributed by atoms with Gasteiger partial charge in [0.25, 0.3) is 0 Å². The van der Waals surface area contributed by atoms with Crippen molar-refractivity contribution in [2.24, 2.45) is 0 Å². The van der Waals surface area contributed by atoms with Crippen molar-refractivity contribution in [3.8, 4) is 0 Å². The number of alkyl halides is 3. The van der Waals surface area contributed by atoms with Crippen molar-refractivity contribution < 1.29 is 21.6 Å². The number of hydrogen-bond donors (Lipinski definition) is 1. The lowest BCUT2D eigenvalue weighted by Crippen LogP contribution is -2.27. The summed E-state index contributed by atoms with van der Waals surface area (Å²) in [6, 6.07) is 10.3. The fourth-order valence-electron chi connectivity index (χ4n) is 2.06. The first kappa shape index (κ1) is 17.5. The average Bonchev–Trinajstić information content (AvgIpc) is 2.46. The summed E-state index contributed by atoms with van der Waals surface area (Å²) in [4.78, 5) is -0.411. The summed E-state index contributed by atoms with van der Waals surface area (Å²) in [6.07, 6.45) is -4.59. The van der Waals surface area contributed by atoms with Crippen LogP contribution in [-0.2, 0) is 16.2 Å². The van der Waals surface area contributed by atoms with Gasteiger partial charge in [0.05, 0.1) is 10.5 Å². The van der Waals surface area contributed by atoms with Crippen LogP contribution in [0.1, 0.15) is 29.7 Å². The lowest BCUT2D eigenvalue weighted by atomic mass is 10.1. The third-order valence-electron chi connectivity index (χ3n) is 3.38. The van der Waals surface area contributed by atoms with Gasteiger partial charge < -0.3 is 0 Å². The first-order valence-corrected chi connectivity index (χ1v) is 8.34. The average molecular weight is 343 g/mol. The van der Waals surface area contributed by atoms with E-state index in [9.17, 15) is 21.6 Å². The topological polar surface area (TPSA) is 46.2 Å². The van der Waals surface area contributed by atoms with Crippen LogP contribution in [0.5, 0.6) is 0 Å². The molecule has 7 heteroatoms. The van der Waals surface area contributed by atoms with Gasteiger partial charge in [-0.25, -0.2) is 13.1 Å². The van der Waals surface area contributed by atoms with Gasteiger partial charge in [-0.05, 0) is 37.6 Å². The van der Waals surface area contributed by atoms with E-state index in [1.807, 2.05) is 19.1 Å². The van der Waals surface area contributed by atoms with Gasteiger partial charge in [-0.3, -0.25) is 0 Å². The van der Waals surface area contributed by atoms with Crippen LogP contribution in [0.2, 0.25) is 0 Å². The smallest absolute Gasteiger partial charge is 0.207 e. The highest BCUT2D eigenvalue weighted by Crippen LogP contribution is 2.30. The Morgan fingerprint density at radius 1 is 1.04 bits per heavy atom. The summed E-state index contributed by atoms with van der Waals surface area (Å²) in [5.74, 6) is 0. The molecule has 0 spiro atoms. The van der Waals surface area contributed by atoms with Crippen molar-refractivity contribution in [2.75, 3.05) is 0 Å². The van der Waals surface area contributed by atoms with Crippen LogP contribution >= 0.6 is 0 Å². The first-order chi connectivity index (χ1) is 10.6. The third kappa shape index (κ3) is 4.33. The minimum absolute atomic E-state index is 0.411. The Labute approximate surface area is 133 Å². The van der Waals surface area contributed by atoms with Crippen LogP contribution in [0.4, 0.5) is 13.2 Å². The van der Waals surface area contributed by atoms with E-state index in [1.165, 1.54) is 0 Å². The second-order valence-electron chi connectivity index (χ2n) is 5.28. The second-order valence-corrected chi connectivity index (χ2v) is 6.99. The van der Waals surface area contributed by atoms with E-state index in [4.69, 9.17) is 0 Å². The van der Waals surface area contributed by atoms with Gasteiger partial charge in [0.15, 0.2) is 0 Å². The molecule has 0 fully saturated rings. The standard InChI is InChI=1S/C16H16F3NO2S/c1-11-6-8-13(9-7-11)12(2)20-23(21,22)15-5-3-4-14(10-15)16(17,18)19/h3-10,12,20H,1-2H3. The zero-order chi connectivity index (χ0) is 17.3. The molecule has 0 saturated carbocycles. The molecule has 0 bridgehead atoms. The van der Waals surface area contributed by atoms with E-state index >= 15 is 0 Å². The Balaban J connectivity index is 2.27. The number of nitrogens with one attached hydrogen (secondary N) is 1.